The number of aromatic nitrogens is 4. The topological polar surface area (TPSA) is 114 Å². The number of nitrogen functional groups attached to an aromatic ring is 1. The molecule has 4 rings (SSSR count). The monoisotopic (exact) mass is 441 g/mol. The second kappa shape index (κ2) is 8.46. The summed E-state index contributed by atoms with van der Waals surface area (Å²) in [5, 5.41) is 7.89. The number of thioether (sulfide) groups is 1. The first kappa shape index (κ1) is 21.0. The SMILES string of the molecule is Cc1nnc(SCC(=O)c2cc(C)n(CC3COc4ccccc4O3)c2C)n(N)c1=O. The molecule has 0 saturated heterocycles. The van der Waals surface area contributed by atoms with Crippen LogP contribution in [0.2, 0.25) is 0 Å². The average molecular weight is 442 g/mol. The second-order valence-electron chi connectivity index (χ2n) is 7.35. The first-order valence-corrected chi connectivity index (χ1v) is 10.8. The number of Topliss-reactive ketones (excluding diaryl/α,β-unsaturated/α-hetero) is 1. The second-order valence-corrected chi connectivity index (χ2v) is 8.29. The predicted molar refractivity (Wildman–Crippen MR) is 116 cm³/mol. The number of hydrogen-bond acceptors (Lipinski definition) is 8. The van der Waals surface area contributed by atoms with Crippen LogP contribution in [0.1, 0.15) is 27.4 Å². The third-order valence-electron chi connectivity index (χ3n) is 5.18. The van der Waals surface area contributed by atoms with Gasteiger partial charge in [-0.3, -0.25) is 9.59 Å². The number of para-hydroxylation sites is 2. The van der Waals surface area contributed by atoms with E-state index in [2.05, 4.69) is 14.8 Å². The molecule has 0 bridgehead atoms. The number of benzene rings is 1. The molecule has 1 aromatic carbocycles. The van der Waals surface area contributed by atoms with Crippen molar-refractivity contribution in [3.63, 3.8) is 0 Å². The van der Waals surface area contributed by atoms with Crippen LogP contribution < -0.4 is 20.9 Å². The average Bonchev–Trinajstić information content (AvgIpc) is 3.05. The van der Waals surface area contributed by atoms with Gasteiger partial charge in [0.05, 0.1) is 12.3 Å². The molecule has 10 heteroatoms. The van der Waals surface area contributed by atoms with Crippen molar-refractivity contribution in [2.45, 2.75) is 38.6 Å². The van der Waals surface area contributed by atoms with Gasteiger partial charge >= 0.3 is 0 Å². The Morgan fingerprint density at radius 2 is 1.97 bits per heavy atom. The van der Waals surface area contributed by atoms with Crippen LogP contribution in [0, 0.1) is 20.8 Å². The molecule has 31 heavy (non-hydrogen) atoms. The number of fused-ring (bicyclic) bond motifs is 1. The fourth-order valence-electron chi connectivity index (χ4n) is 3.50. The van der Waals surface area contributed by atoms with Gasteiger partial charge in [0.2, 0.25) is 5.16 Å². The molecule has 2 aromatic heterocycles. The van der Waals surface area contributed by atoms with E-state index in [-0.39, 0.29) is 28.5 Å². The van der Waals surface area contributed by atoms with E-state index in [4.69, 9.17) is 15.3 Å². The molecule has 0 aliphatic carbocycles. The lowest BCUT2D eigenvalue weighted by Crippen LogP contribution is -2.33. The smallest absolute Gasteiger partial charge is 0.294 e. The maximum atomic E-state index is 12.9. The van der Waals surface area contributed by atoms with Crippen LogP contribution in [0.4, 0.5) is 0 Å². The summed E-state index contributed by atoms with van der Waals surface area (Å²) in [5.41, 5.74) is 2.20. The molecular weight excluding hydrogens is 418 g/mol. The number of hydrogen-bond donors (Lipinski definition) is 1. The Morgan fingerprint density at radius 3 is 2.74 bits per heavy atom. The molecule has 1 atom stereocenters. The maximum absolute atomic E-state index is 12.9. The van der Waals surface area contributed by atoms with Crippen molar-refractivity contribution in [2.75, 3.05) is 18.2 Å². The van der Waals surface area contributed by atoms with Crippen LogP contribution in [0.15, 0.2) is 40.3 Å². The van der Waals surface area contributed by atoms with Crippen LogP contribution in [0.3, 0.4) is 0 Å². The Morgan fingerprint density at radius 1 is 1.23 bits per heavy atom. The molecule has 0 saturated carbocycles. The molecule has 9 nitrogen and oxygen atoms in total. The molecule has 1 unspecified atom stereocenters. The lowest BCUT2D eigenvalue weighted by molar-refractivity contribution is 0.0777. The molecule has 1 aliphatic rings. The minimum Gasteiger partial charge on any atom is -0.486 e. The Hall–Kier alpha value is -3.27. The zero-order chi connectivity index (χ0) is 22.1. The van der Waals surface area contributed by atoms with Crippen LogP contribution in [0.25, 0.3) is 0 Å². The highest BCUT2D eigenvalue weighted by atomic mass is 32.2. The molecule has 3 aromatic rings. The standard InChI is InChI=1S/C21H23N5O4S/c1-12-8-16(17(27)11-31-21-24-23-13(2)20(28)26(21)22)14(3)25(12)9-15-10-29-18-6-4-5-7-19(18)30-15/h4-8,15H,9-11,22H2,1-3H3. The third-order valence-corrected chi connectivity index (χ3v) is 6.12. The molecule has 0 spiro atoms. The number of carbonyl (C=O) groups is 1. The van der Waals surface area contributed by atoms with Crippen molar-refractivity contribution in [3.8, 4) is 11.5 Å². The zero-order valence-electron chi connectivity index (χ0n) is 17.5. The zero-order valence-corrected chi connectivity index (χ0v) is 18.3. The Kier molecular flexibility index (Phi) is 5.73. The minimum atomic E-state index is -0.431. The fraction of sp³-hybridized carbons (Fsp3) is 0.333. The summed E-state index contributed by atoms with van der Waals surface area (Å²) < 4.78 is 14.8. The number of aryl methyl sites for hydroxylation is 2. The van der Waals surface area contributed by atoms with E-state index in [0.717, 1.165) is 39.3 Å². The lowest BCUT2D eigenvalue weighted by atomic mass is 10.2. The van der Waals surface area contributed by atoms with Crippen molar-refractivity contribution in [3.05, 3.63) is 63.3 Å². The Labute approximate surface area is 183 Å². The van der Waals surface area contributed by atoms with Crippen molar-refractivity contribution < 1.29 is 14.3 Å². The van der Waals surface area contributed by atoms with Gasteiger partial charge in [0.1, 0.15) is 12.3 Å². The number of carbonyl (C=O) groups excluding carboxylic acids is 1. The molecule has 2 N–H and O–H groups in total. The van der Waals surface area contributed by atoms with E-state index in [1.807, 2.05) is 44.2 Å². The van der Waals surface area contributed by atoms with Gasteiger partial charge in [0, 0.05) is 17.0 Å². The van der Waals surface area contributed by atoms with E-state index in [1.165, 1.54) is 6.92 Å². The summed E-state index contributed by atoms with van der Waals surface area (Å²) >= 11 is 1.09. The molecular formula is C21H23N5O4S. The summed E-state index contributed by atoms with van der Waals surface area (Å²) in [6.07, 6.45) is -0.161. The predicted octanol–water partition coefficient (Wildman–Crippen LogP) is 1.89. The Balaban J connectivity index is 1.46. The van der Waals surface area contributed by atoms with E-state index in [1.54, 1.807) is 0 Å². The number of rotatable bonds is 6. The van der Waals surface area contributed by atoms with Gasteiger partial charge in [-0.2, -0.15) is 4.68 Å². The number of nitrogens with two attached hydrogens (primary N) is 1. The highest BCUT2D eigenvalue weighted by Gasteiger charge is 2.24. The highest BCUT2D eigenvalue weighted by molar-refractivity contribution is 7.99. The first-order valence-electron chi connectivity index (χ1n) is 9.77. The summed E-state index contributed by atoms with van der Waals surface area (Å²) in [6, 6.07) is 9.45. The van der Waals surface area contributed by atoms with Crippen molar-refractivity contribution in [1.29, 1.82) is 0 Å². The van der Waals surface area contributed by atoms with E-state index >= 15 is 0 Å². The third kappa shape index (κ3) is 4.15. The number of nitrogens with zero attached hydrogens (tertiary/aromatic N) is 4. The normalized spacial score (nSPS) is 15.1. The van der Waals surface area contributed by atoms with E-state index in [0.29, 0.717) is 18.7 Å². The van der Waals surface area contributed by atoms with Gasteiger partial charge in [0.25, 0.3) is 5.56 Å². The molecule has 0 radical (unpaired) electrons. The first-order chi connectivity index (χ1) is 14.8. The summed E-state index contributed by atoms with van der Waals surface area (Å²) in [6.45, 7) is 6.41. The van der Waals surface area contributed by atoms with Gasteiger partial charge in [-0.25, -0.2) is 0 Å². The molecule has 0 amide bonds. The van der Waals surface area contributed by atoms with Crippen LogP contribution in [0.5, 0.6) is 11.5 Å². The summed E-state index contributed by atoms with van der Waals surface area (Å²) in [5.74, 6) is 7.22. The van der Waals surface area contributed by atoms with Crippen LogP contribution in [-0.4, -0.2) is 43.7 Å². The summed E-state index contributed by atoms with van der Waals surface area (Å²) in [7, 11) is 0. The Bertz CT molecular complexity index is 1200. The number of ether oxygens (including phenoxy) is 2. The van der Waals surface area contributed by atoms with Gasteiger partial charge in [-0.1, -0.05) is 23.9 Å². The molecule has 3 heterocycles. The minimum absolute atomic E-state index is 0.0784. The largest absolute Gasteiger partial charge is 0.486 e. The van der Waals surface area contributed by atoms with Crippen LogP contribution in [-0.2, 0) is 6.54 Å². The number of ketones is 1. The van der Waals surface area contributed by atoms with E-state index in [9.17, 15) is 9.59 Å². The fourth-order valence-corrected chi connectivity index (χ4v) is 4.23. The van der Waals surface area contributed by atoms with Crippen LogP contribution >= 0.6 is 11.8 Å². The quantitative estimate of drug-likeness (QED) is 0.350. The van der Waals surface area contributed by atoms with Gasteiger partial charge in [-0.05, 0) is 39.0 Å². The molecule has 0 fully saturated rings. The van der Waals surface area contributed by atoms with Gasteiger partial charge in [-0.15, -0.1) is 10.2 Å². The van der Waals surface area contributed by atoms with Gasteiger partial charge in [0.15, 0.2) is 23.4 Å². The highest BCUT2D eigenvalue weighted by Crippen LogP contribution is 2.31. The van der Waals surface area contributed by atoms with Gasteiger partial charge < -0.3 is 19.9 Å². The maximum Gasteiger partial charge on any atom is 0.294 e. The van der Waals surface area contributed by atoms with Crippen molar-refractivity contribution in [1.82, 2.24) is 19.4 Å². The molecule has 162 valence electrons. The van der Waals surface area contributed by atoms with E-state index < -0.39 is 5.56 Å². The van der Waals surface area contributed by atoms with Crippen molar-refractivity contribution >= 4 is 17.5 Å². The lowest BCUT2D eigenvalue weighted by Gasteiger charge is -2.27. The summed E-state index contributed by atoms with van der Waals surface area (Å²) in [4.78, 5) is 24.7. The van der Waals surface area contributed by atoms with Crippen molar-refractivity contribution in [2.24, 2.45) is 0 Å². The molecule has 1 aliphatic heterocycles.